The van der Waals surface area contributed by atoms with Crippen molar-refractivity contribution < 1.29 is 41.7 Å². The average Bonchev–Trinajstić information content (AvgIpc) is 3.68. The average molecular weight is 582 g/mol. The molecule has 218 valence electrons. The van der Waals surface area contributed by atoms with Crippen LogP contribution >= 0.6 is 0 Å². The van der Waals surface area contributed by atoms with E-state index in [0.29, 0.717) is 45.6 Å². The van der Waals surface area contributed by atoms with Crippen LogP contribution in [0.1, 0.15) is 43.5 Å². The normalized spacial score (nSPS) is 17.3. The Kier molecular flexibility index (Phi) is 6.91. The fraction of sp³-hybridized carbons (Fsp3) is 0.300. The predicted octanol–water partition coefficient (Wildman–Crippen LogP) is 5.84. The van der Waals surface area contributed by atoms with E-state index in [9.17, 15) is 22.8 Å². The Labute approximate surface area is 238 Å². The van der Waals surface area contributed by atoms with Crippen LogP contribution in [0.3, 0.4) is 0 Å². The van der Waals surface area contributed by atoms with Gasteiger partial charge in [-0.05, 0) is 37.3 Å². The minimum atomic E-state index is -5.16. The molecule has 0 fully saturated rings. The summed E-state index contributed by atoms with van der Waals surface area (Å²) in [5.74, 6) is -1.93. The highest BCUT2D eigenvalue weighted by Gasteiger charge is 2.48. The molecule has 4 aromatic rings. The Hall–Kier alpha value is -4.74. The number of aromatic nitrogens is 2. The Morgan fingerprint density at radius 3 is 2.60 bits per heavy atom. The van der Waals surface area contributed by atoms with Gasteiger partial charge in [-0.2, -0.15) is 18.2 Å². The largest absolute Gasteiger partial charge is 0.489 e. The number of rotatable bonds is 7. The van der Waals surface area contributed by atoms with E-state index in [0.717, 1.165) is 5.52 Å². The molecule has 3 aromatic carbocycles. The minimum absolute atomic E-state index is 0.0253. The molecule has 12 heteroatoms. The molecule has 2 aliphatic rings. The first-order valence-corrected chi connectivity index (χ1v) is 13.4. The Bertz CT molecular complexity index is 1680. The number of carbonyl (C=O) groups is 2. The van der Waals surface area contributed by atoms with Gasteiger partial charge in [0.15, 0.2) is 6.10 Å². The monoisotopic (exact) mass is 581 g/mol. The zero-order valence-corrected chi connectivity index (χ0v) is 22.7. The van der Waals surface area contributed by atoms with Crippen LogP contribution in [-0.2, 0) is 14.3 Å². The minimum Gasteiger partial charge on any atom is -0.489 e. The van der Waals surface area contributed by atoms with Gasteiger partial charge in [0.25, 0.3) is 0 Å². The molecule has 9 nitrogen and oxygen atoms in total. The lowest BCUT2D eigenvalue weighted by molar-refractivity contribution is -0.171. The van der Waals surface area contributed by atoms with E-state index in [4.69, 9.17) is 18.9 Å². The molecule has 0 saturated heterocycles. The van der Waals surface area contributed by atoms with Crippen molar-refractivity contribution in [1.82, 2.24) is 9.55 Å². The van der Waals surface area contributed by atoms with Crippen molar-refractivity contribution in [2.24, 2.45) is 0 Å². The number of nitrogens with zero attached hydrogens (tertiary/aromatic N) is 3. The van der Waals surface area contributed by atoms with E-state index in [1.54, 1.807) is 29.7 Å². The molecule has 0 bridgehead atoms. The molecule has 3 heterocycles. The van der Waals surface area contributed by atoms with Gasteiger partial charge in [0.1, 0.15) is 24.7 Å². The molecule has 0 radical (unpaired) electrons. The zero-order chi connectivity index (χ0) is 29.6. The third kappa shape index (κ3) is 4.66. The van der Waals surface area contributed by atoms with E-state index in [2.05, 4.69) is 4.98 Å². The van der Waals surface area contributed by atoms with Crippen molar-refractivity contribution in [3.05, 3.63) is 71.8 Å². The van der Waals surface area contributed by atoms with Gasteiger partial charge < -0.3 is 18.9 Å². The zero-order valence-electron chi connectivity index (χ0n) is 22.7. The van der Waals surface area contributed by atoms with Crippen LogP contribution in [-0.4, -0.2) is 47.4 Å². The molecule has 0 aliphatic carbocycles. The quantitative estimate of drug-likeness (QED) is 0.253. The van der Waals surface area contributed by atoms with E-state index in [1.165, 1.54) is 18.2 Å². The van der Waals surface area contributed by atoms with Gasteiger partial charge in [-0.1, -0.05) is 31.2 Å². The maximum atomic E-state index is 14.0. The summed E-state index contributed by atoms with van der Waals surface area (Å²) in [6, 6.07) is 15.9. The van der Waals surface area contributed by atoms with Crippen molar-refractivity contribution in [3.63, 3.8) is 0 Å². The maximum absolute atomic E-state index is 14.0. The first-order valence-electron chi connectivity index (χ1n) is 13.4. The number of ether oxygens (including phenoxy) is 4. The Morgan fingerprint density at radius 2 is 1.83 bits per heavy atom. The fourth-order valence-electron chi connectivity index (χ4n) is 5.30. The molecule has 1 aromatic heterocycles. The second-order valence-electron chi connectivity index (χ2n) is 9.71. The van der Waals surface area contributed by atoms with E-state index in [1.807, 2.05) is 31.2 Å². The standard InChI is InChI=1S/C30H26F3N3O6/c1-3-26(37)42-25-16-40-24-14-17(12-13-19(24)25)35(28(38)30(31,32)33)23-15-41-27-18(23)8-7-11-22(27)36-21-10-6-5-9-20(21)34-29(36)39-4-2/h5-14,23,25H,3-4,15-16H2,1-2H3/t23-,25+/m0/s1. The molecule has 6 rings (SSSR count). The van der Waals surface area contributed by atoms with Crippen molar-refractivity contribution in [2.45, 2.75) is 38.6 Å². The topological polar surface area (TPSA) is 92.1 Å². The number of imidazole rings is 1. The highest BCUT2D eigenvalue weighted by atomic mass is 19.4. The van der Waals surface area contributed by atoms with E-state index in [-0.39, 0.29) is 31.1 Å². The number of anilines is 1. The van der Waals surface area contributed by atoms with Crippen molar-refractivity contribution in [2.75, 3.05) is 24.7 Å². The van der Waals surface area contributed by atoms with Crippen LogP contribution in [0.2, 0.25) is 0 Å². The van der Waals surface area contributed by atoms with Crippen molar-refractivity contribution in [3.8, 4) is 23.2 Å². The number of hydrogen-bond donors (Lipinski definition) is 0. The highest BCUT2D eigenvalue weighted by Crippen LogP contribution is 2.46. The second-order valence-corrected chi connectivity index (χ2v) is 9.71. The first-order chi connectivity index (χ1) is 20.2. The molecule has 42 heavy (non-hydrogen) atoms. The van der Waals surface area contributed by atoms with Crippen molar-refractivity contribution >= 4 is 28.6 Å². The maximum Gasteiger partial charge on any atom is 0.471 e. The number of hydrogen-bond acceptors (Lipinski definition) is 7. The summed E-state index contributed by atoms with van der Waals surface area (Å²) in [7, 11) is 0. The molecular weight excluding hydrogens is 555 g/mol. The molecule has 0 saturated carbocycles. The summed E-state index contributed by atoms with van der Waals surface area (Å²) in [5.41, 5.74) is 2.78. The number of halogens is 3. The lowest BCUT2D eigenvalue weighted by Gasteiger charge is -2.29. The van der Waals surface area contributed by atoms with Crippen LogP contribution < -0.4 is 19.1 Å². The van der Waals surface area contributed by atoms with Crippen LogP contribution in [0.5, 0.6) is 17.5 Å². The van der Waals surface area contributed by atoms with Gasteiger partial charge in [0.05, 0.1) is 29.4 Å². The van der Waals surface area contributed by atoms with Gasteiger partial charge in [-0.3, -0.25) is 19.1 Å². The summed E-state index contributed by atoms with van der Waals surface area (Å²) in [5, 5.41) is 0. The summed E-state index contributed by atoms with van der Waals surface area (Å²) >= 11 is 0. The summed E-state index contributed by atoms with van der Waals surface area (Å²) in [6.45, 7) is 3.62. The number of fused-ring (bicyclic) bond motifs is 3. The summed E-state index contributed by atoms with van der Waals surface area (Å²) in [6.07, 6.45) is -5.68. The highest BCUT2D eigenvalue weighted by molar-refractivity contribution is 5.98. The number of esters is 1. The third-order valence-corrected chi connectivity index (χ3v) is 7.16. The van der Waals surface area contributed by atoms with Gasteiger partial charge in [-0.15, -0.1) is 0 Å². The van der Waals surface area contributed by atoms with Gasteiger partial charge in [0.2, 0.25) is 0 Å². The lowest BCUT2D eigenvalue weighted by Crippen LogP contribution is -2.44. The molecule has 0 unspecified atom stereocenters. The Morgan fingerprint density at radius 1 is 1.02 bits per heavy atom. The number of amides is 1. The smallest absolute Gasteiger partial charge is 0.471 e. The molecular formula is C30H26F3N3O6. The molecule has 2 aliphatic heterocycles. The molecule has 1 amide bonds. The summed E-state index contributed by atoms with van der Waals surface area (Å²) in [4.78, 5) is 30.0. The molecule has 0 spiro atoms. The van der Waals surface area contributed by atoms with Crippen LogP contribution in [0.15, 0.2) is 60.7 Å². The third-order valence-electron chi connectivity index (χ3n) is 7.16. The molecule has 2 atom stereocenters. The van der Waals surface area contributed by atoms with Crippen molar-refractivity contribution in [1.29, 1.82) is 0 Å². The predicted molar refractivity (Wildman–Crippen MR) is 145 cm³/mol. The van der Waals surface area contributed by atoms with Crippen LogP contribution in [0, 0.1) is 0 Å². The lowest BCUT2D eigenvalue weighted by atomic mass is 10.0. The number of alkyl halides is 3. The van der Waals surface area contributed by atoms with Crippen LogP contribution in [0.4, 0.5) is 18.9 Å². The van der Waals surface area contributed by atoms with Gasteiger partial charge in [0, 0.05) is 29.3 Å². The van der Waals surface area contributed by atoms with Gasteiger partial charge in [-0.25, -0.2) is 0 Å². The number of carbonyl (C=O) groups excluding carboxylic acids is 2. The fourth-order valence-corrected chi connectivity index (χ4v) is 5.30. The molecule has 0 N–H and O–H groups in total. The second kappa shape index (κ2) is 10.6. The van der Waals surface area contributed by atoms with Gasteiger partial charge >= 0.3 is 24.1 Å². The SMILES string of the molecule is CCOc1nc2ccccc2n1-c1cccc2c1OC[C@@H]2N(C(=O)C(F)(F)F)c1ccc2c(c1)OC[C@H]2OC(=O)CC. The first kappa shape index (κ1) is 27.4. The Balaban J connectivity index is 1.43. The van der Waals surface area contributed by atoms with E-state index < -0.39 is 30.2 Å². The summed E-state index contributed by atoms with van der Waals surface area (Å²) < 4.78 is 66.6. The number of benzene rings is 3. The number of para-hydroxylation sites is 3. The van der Waals surface area contributed by atoms with E-state index >= 15 is 0 Å². The van der Waals surface area contributed by atoms with Crippen LogP contribution in [0.25, 0.3) is 16.7 Å².